The second kappa shape index (κ2) is 21.3. The molecule has 2 aromatic heterocycles. The second-order valence-corrected chi connectivity index (χ2v) is 16.9. The minimum absolute atomic E-state index is 0.0322. The molecule has 4 aromatic carbocycles. The normalized spacial score (nSPS) is 18.3. The summed E-state index contributed by atoms with van der Waals surface area (Å²) >= 11 is 0. The largest absolute Gasteiger partial charge is 0.497 e. The van der Waals surface area contributed by atoms with Gasteiger partial charge < -0.3 is 32.8 Å². The topological polar surface area (TPSA) is 152 Å². The fourth-order valence-corrected chi connectivity index (χ4v) is 9.59. The molecule has 1 amide bonds. The van der Waals surface area contributed by atoms with Crippen LogP contribution in [0.5, 0.6) is 11.5 Å². The second-order valence-electron chi connectivity index (χ2n) is 15.6. The van der Waals surface area contributed by atoms with Gasteiger partial charge in [0.25, 0.3) is 5.91 Å². The molecule has 3 heterocycles. The lowest BCUT2D eigenvalue weighted by Crippen LogP contribution is -2.41. The van der Waals surface area contributed by atoms with Crippen LogP contribution < -0.4 is 14.8 Å². The minimum Gasteiger partial charge on any atom is -0.497 e. The van der Waals surface area contributed by atoms with Crippen LogP contribution in [0.3, 0.4) is 0 Å². The van der Waals surface area contributed by atoms with E-state index in [2.05, 4.69) is 57.9 Å². The number of rotatable bonds is 20. The summed E-state index contributed by atoms with van der Waals surface area (Å²) in [5.41, 5.74) is 2.93. The molecule has 0 spiro atoms. The number of amides is 1. The number of ether oxygens (including phenoxy) is 5. The summed E-state index contributed by atoms with van der Waals surface area (Å²) in [6, 6.07) is 34.7. The van der Waals surface area contributed by atoms with Crippen molar-refractivity contribution < 1.29 is 37.6 Å². The number of aromatic nitrogens is 4. The van der Waals surface area contributed by atoms with E-state index < -0.39 is 38.5 Å². The number of carbonyl (C=O) groups excluding carboxylic acids is 1. The maximum Gasteiger partial charge on any atom is 0.347 e. The highest BCUT2D eigenvalue weighted by Gasteiger charge is 2.52. The van der Waals surface area contributed by atoms with Crippen LogP contribution in [-0.2, 0) is 29.0 Å². The number of anilines is 1. The Labute approximate surface area is 375 Å². The minimum atomic E-state index is -1.82. The summed E-state index contributed by atoms with van der Waals surface area (Å²) in [6.45, 7) is 10.4. The smallest absolute Gasteiger partial charge is 0.347 e. The summed E-state index contributed by atoms with van der Waals surface area (Å²) in [5.74, 6) is 1.25. The van der Waals surface area contributed by atoms with E-state index in [-0.39, 0.29) is 30.5 Å². The van der Waals surface area contributed by atoms with Gasteiger partial charge in [-0.05, 0) is 87.2 Å². The molecule has 1 saturated heterocycles. The van der Waals surface area contributed by atoms with Gasteiger partial charge in [-0.15, -0.1) is 0 Å². The van der Waals surface area contributed by atoms with Crippen LogP contribution in [-0.4, -0.2) is 94.7 Å². The zero-order valence-corrected chi connectivity index (χ0v) is 38.3. The van der Waals surface area contributed by atoms with Crippen molar-refractivity contribution in [2.75, 3.05) is 33.3 Å². The van der Waals surface area contributed by atoms with Gasteiger partial charge in [-0.1, -0.05) is 84.9 Å². The van der Waals surface area contributed by atoms with Crippen molar-refractivity contribution >= 4 is 32.2 Å². The van der Waals surface area contributed by atoms with Gasteiger partial charge in [0.05, 0.1) is 27.0 Å². The lowest BCUT2D eigenvalue weighted by molar-refractivity contribution is -0.0890. The van der Waals surface area contributed by atoms with Gasteiger partial charge in [0, 0.05) is 36.5 Å². The van der Waals surface area contributed by atoms with E-state index in [1.807, 2.05) is 91.9 Å². The monoisotopic (exact) mass is 889 g/mol. The molecule has 336 valence electrons. The number of hydrogen-bond donors (Lipinski definition) is 1. The number of nitrogens with zero attached hydrogens (tertiary/aromatic N) is 6. The average Bonchev–Trinajstić information content (AvgIpc) is 3.91. The number of methoxy groups -OCH3 is 3. The molecule has 1 aliphatic rings. The van der Waals surface area contributed by atoms with E-state index in [0.29, 0.717) is 34.7 Å². The molecule has 1 N–H and O–H groups in total. The number of nitrogens with one attached hydrogen (secondary N) is 1. The molecule has 0 saturated carbocycles. The van der Waals surface area contributed by atoms with Crippen LogP contribution in [0, 0.1) is 0 Å². The fourth-order valence-electron chi connectivity index (χ4n) is 8.02. The number of benzene rings is 4. The maximum atomic E-state index is 13.3. The van der Waals surface area contributed by atoms with Crippen LogP contribution >= 0.6 is 8.53 Å². The first-order chi connectivity index (χ1) is 31.1. The predicted molar refractivity (Wildman–Crippen MR) is 246 cm³/mol. The summed E-state index contributed by atoms with van der Waals surface area (Å²) in [7, 11) is 3.09. The highest BCUT2D eigenvalue weighted by Crippen LogP contribution is 2.53. The zero-order valence-electron chi connectivity index (χ0n) is 37.4. The Morgan fingerprint density at radius 2 is 1.44 bits per heavy atom. The quantitative estimate of drug-likeness (QED) is 0.0337. The van der Waals surface area contributed by atoms with E-state index in [0.717, 1.165) is 16.7 Å². The summed E-state index contributed by atoms with van der Waals surface area (Å²) in [6.07, 6.45) is 2.40. The van der Waals surface area contributed by atoms with Crippen molar-refractivity contribution in [3.8, 4) is 11.5 Å². The van der Waals surface area contributed by atoms with Gasteiger partial charge in [0.2, 0.25) is 5.95 Å². The molecule has 1 fully saturated rings. The van der Waals surface area contributed by atoms with Crippen LogP contribution in [0.15, 0.2) is 127 Å². The van der Waals surface area contributed by atoms with Gasteiger partial charge in [-0.25, -0.2) is 14.6 Å². The molecule has 7 rings (SSSR count). The molecule has 0 radical (unpaired) electrons. The van der Waals surface area contributed by atoms with Gasteiger partial charge in [0.15, 0.2) is 5.65 Å². The summed E-state index contributed by atoms with van der Waals surface area (Å²) < 4.78 is 49.0. The molecule has 0 aliphatic carbocycles. The molecule has 64 heavy (non-hydrogen) atoms. The first kappa shape index (κ1) is 46.2. The highest BCUT2D eigenvalue weighted by atomic mass is 31.2. The first-order valence-corrected chi connectivity index (χ1v) is 22.4. The van der Waals surface area contributed by atoms with Crippen LogP contribution in [0.4, 0.5) is 5.95 Å². The fraction of sp³-hybridized carbons (Fsp3) is 0.354. The maximum absolute atomic E-state index is 13.3. The molecular weight excluding hydrogens is 834 g/mol. The number of carbonyl (C=O) groups is 1. The van der Waals surface area contributed by atoms with Crippen molar-refractivity contribution in [1.82, 2.24) is 24.3 Å². The van der Waals surface area contributed by atoms with Crippen LogP contribution in [0.1, 0.15) is 79.8 Å². The van der Waals surface area contributed by atoms with Crippen molar-refractivity contribution in [1.29, 1.82) is 0 Å². The number of fused-ring (bicyclic) bond motifs is 1. The van der Waals surface area contributed by atoms with E-state index in [1.54, 1.807) is 58.0 Å². The van der Waals surface area contributed by atoms with E-state index in [9.17, 15) is 4.79 Å². The van der Waals surface area contributed by atoms with Crippen LogP contribution in [0.25, 0.3) is 5.65 Å². The first-order valence-electron chi connectivity index (χ1n) is 21.3. The van der Waals surface area contributed by atoms with Gasteiger partial charge >= 0.3 is 8.53 Å². The molecule has 0 bridgehead atoms. The zero-order chi connectivity index (χ0) is 45.2. The van der Waals surface area contributed by atoms with Gasteiger partial charge in [-0.2, -0.15) is 9.61 Å². The lowest BCUT2D eigenvalue weighted by atomic mass is 9.80. The molecule has 16 heteroatoms. The standard InChI is InChI=1S/C48H56N7O8P/c1-9-28-52-63-64(55(32(2)3)33(4)5)62-44-42(40-29-51-54-45(40)49-31-50-47(54)53-46(56)34-16-12-10-13-17-34)61-41(43(44)59-8)30-60-48(35-18-14-11-15-19-35,36-20-24-38(57-6)25-21-36)37-22-26-39(58-7)27-23-37/h10-29,31-33,41-44H,9,30H2,1-8H3,(H,49,50,53,56)/b52-28+. The number of hydrogen-bond acceptors (Lipinski definition) is 13. The van der Waals surface area contributed by atoms with E-state index in [1.165, 1.54) is 10.8 Å². The van der Waals surface area contributed by atoms with Gasteiger partial charge in [-0.3, -0.25) is 10.1 Å². The molecule has 15 nitrogen and oxygen atoms in total. The lowest BCUT2D eigenvalue weighted by Gasteiger charge is -2.37. The third-order valence-electron chi connectivity index (χ3n) is 11.0. The van der Waals surface area contributed by atoms with Gasteiger partial charge in [0.1, 0.15) is 47.8 Å². The Balaban J connectivity index is 1.32. The van der Waals surface area contributed by atoms with E-state index >= 15 is 0 Å². The predicted octanol–water partition coefficient (Wildman–Crippen LogP) is 9.00. The molecule has 5 atom stereocenters. The average molecular weight is 890 g/mol. The van der Waals surface area contributed by atoms with Crippen molar-refractivity contribution in [3.63, 3.8) is 0 Å². The SMILES string of the molecule is CC/C=N/OP(OC1C(c2cnn3c(NC(=O)c4ccccc4)ncnc23)OC(COC(c2ccccc2)(c2ccc(OC)cc2)c2ccc(OC)cc2)C1OC)N(C(C)C)C(C)C. The van der Waals surface area contributed by atoms with Crippen molar-refractivity contribution in [2.45, 2.75) is 83.1 Å². The Kier molecular flexibility index (Phi) is 15.3. The van der Waals surface area contributed by atoms with Crippen LogP contribution in [0.2, 0.25) is 0 Å². The Hall–Kier alpha value is -5.80. The van der Waals surface area contributed by atoms with Crippen molar-refractivity contribution in [3.05, 3.63) is 150 Å². The van der Waals surface area contributed by atoms with E-state index in [4.69, 9.17) is 32.8 Å². The third-order valence-corrected chi connectivity index (χ3v) is 12.9. The Bertz CT molecular complexity index is 2380. The molecular formula is C48H56N7O8P. The highest BCUT2D eigenvalue weighted by molar-refractivity contribution is 7.44. The Morgan fingerprint density at radius 3 is 2.00 bits per heavy atom. The summed E-state index contributed by atoms with van der Waals surface area (Å²) in [4.78, 5) is 22.3. The number of oxime groups is 1. The Morgan fingerprint density at radius 1 is 0.844 bits per heavy atom. The molecule has 5 unspecified atom stereocenters. The third kappa shape index (κ3) is 9.80. The molecule has 1 aliphatic heterocycles. The summed E-state index contributed by atoms with van der Waals surface area (Å²) in [5, 5.41) is 11.9. The molecule has 6 aromatic rings. The van der Waals surface area contributed by atoms with Crippen molar-refractivity contribution in [2.24, 2.45) is 5.16 Å².